The Morgan fingerprint density at radius 1 is 1.22 bits per heavy atom. The number of nitrogens with one attached hydrogen (secondary N) is 2. The molecule has 126 valence electrons. The maximum Gasteiger partial charge on any atom is 0.251 e. The van der Waals surface area contributed by atoms with Crippen molar-refractivity contribution in [2.45, 2.75) is 42.7 Å². The minimum atomic E-state index is -3.54. The number of hydrogen-bond acceptors (Lipinski definition) is 4. The molecule has 2 saturated heterocycles. The molecule has 2 aliphatic rings. The van der Waals surface area contributed by atoms with Crippen molar-refractivity contribution in [3.05, 3.63) is 29.8 Å². The van der Waals surface area contributed by atoms with E-state index in [9.17, 15) is 13.2 Å². The highest BCUT2D eigenvalue weighted by Gasteiger charge is 2.36. The van der Waals surface area contributed by atoms with Gasteiger partial charge < -0.3 is 5.32 Å². The van der Waals surface area contributed by atoms with Gasteiger partial charge in [-0.1, -0.05) is 12.5 Å². The lowest BCUT2D eigenvalue weighted by Crippen LogP contribution is -2.46. The standard InChI is InChI=1S/C16H23N3O3S/c1-17-23(21,22)13-6-4-5-12(11-13)16(20)18-14-8-10-19-9-3-2-7-15(14)19/h4-6,11,14-15,17H,2-3,7-10H2,1H3,(H,18,20)/t14-,15-/m1/s1. The fourth-order valence-electron chi connectivity index (χ4n) is 3.59. The minimum Gasteiger partial charge on any atom is -0.348 e. The third kappa shape index (κ3) is 3.41. The first-order chi connectivity index (χ1) is 11.0. The second-order valence-electron chi connectivity index (χ2n) is 6.20. The van der Waals surface area contributed by atoms with E-state index < -0.39 is 10.0 Å². The van der Waals surface area contributed by atoms with Crippen molar-refractivity contribution in [1.82, 2.24) is 14.9 Å². The number of rotatable bonds is 4. The third-order valence-electron chi connectivity index (χ3n) is 4.85. The molecule has 6 nitrogen and oxygen atoms in total. The first kappa shape index (κ1) is 16.4. The number of benzene rings is 1. The number of nitrogens with zero attached hydrogens (tertiary/aromatic N) is 1. The summed E-state index contributed by atoms with van der Waals surface area (Å²) in [5.74, 6) is -0.199. The molecule has 23 heavy (non-hydrogen) atoms. The molecule has 0 radical (unpaired) electrons. The molecule has 1 aromatic carbocycles. The van der Waals surface area contributed by atoms with Crippen LogP contribution in [0.1, 0.15) is 36.0 Å². The Hall–Kier alpha value is -1.44. The molecule has 1 aromatic rings. The summed E-state index contributed by atoms with van der Waals surface area (Å²) in [4.78, 5) is 15.1. The Morgan fingerprint density at radius 3 is 2.83 bits per heavy atom. The number of hydrogen-bond donors (Lipinski definition) is 2. The van der Waals surface area contributed by atoms with Crippen LogP contribution in [0.5, 0.6) is 0 Å². The fraction of sp³-hybridized carbons (Fsp3) is 0.562. The number of piperidine rings is 1. The Morgan fingerprint density at radius 2 is 2.04 bits per heavy atom. The molecule has 0 aromatic heterocycles. The molecule has 0 unspecified atom stereocenters. The number of carbonyl (C=O) groups excluding carboxylic acids is 1. The maximum absolute atomic E-state index is 12.5. The molecule has 2 N–H and O–H groups in total. The lowest BCUT2D eigenvalue weighted by atomic mass is 9.99. The average molecular weight is 337 g/mol. The number of sulfonamides is 1. The second-order valence-corrected chi connectivity index (χ2v) is 8.09. The van der Waals surface area contributed by atoms with Gasteiger partial charge in [0.05, 0.1) is 4.90 Å². The van der Waals surface area contributed by atoms with Gasteiger partial charge in [0.1, 0.15) is 0 Å². The van der Waals surface area contributed by atoms with Crippen molar-refractivity contribution in [3.63, 3.8) is 0 Å². The van der Waals surface area contributed by atoms with E-state index in [0.29, 0.717) is 11.6 Å². The molecular formula is C16H23N3O3S. The van der Waals surface area contributed by atoms with Gasteiger partial charge in [0.2, 0.25) is 10.0 Å². The molecular weight excluding hydrogens is 314 g/mol. The molecule has 2 atom stereocenters. The maximum atomic E-state index is 12.5. The van der Waals surface area contributed by atoms with E-state index in [1.54, 1.807) is 12.1 Å². The van der Waals surface area contributed by atoms with Crippen LogP contribution in [0.3, 0.4) is 0 Å². The van der Waals surface area contributed by atoms with Crippen molar-refractivity contribution in [3.8, 4) is 0 Å². The van der Waals surface area contributed by atoms with Gasteiger partial charge in [0, 0.05) is 24.2 Å². The van der Waals surface area contributed by atoms with Gasteiger partial charge >= 0.3 is 0 Å². The Bertz CT molecular complexity index is 690. The summed E-state index contributed by atoms with van der Waals surface area (Å²) in [6.07, 6.45) is 4.54. The number of fused-ring (bicyclic) bond motifs is 1. The van der Waals surface area contributed by atoms with Gasteiger partial charge in [-0.15, -0.1) is 0 Å². The van der Waals surface area contributed by atoms with Gasteiger partial charge in [0.15, 0.2) is 0 Å². The zero-order valence-corrected chi connectivity index (χ0v) is 14.1. The molecule has 3 rings (SSSR count). The number of amides is 1. The van der Waals surface area contributed by atoms with Crippen LogP contribution in [0.25, 0.3) is 0 Å². The van der Waals surface area contributed by atoms with Gasteiger partial charge in [-0.2, -0.15) is 0 Å². The lowest BCUT2D eigenvalue weighted by Gasteiger charge is -2.32. The summed E-state index contributed by atoms with van der Waals surface area (Å²) < 4.78 is 26.0. The SMILES string of the molecule is CNS(=O)(=O)c1cccc(C(=O)N[C@@H]2CCN3CCCC[C@H]23)c1. The van der Waals surface area contributed by atoms with Crippen LogP contribution in [-0.4, -0.2) is 51.4 Å². The van der Waals surface area contributed by atoms with Crippen molar-refractivity contribution in [2.24, 2.45) is 0 Å². The molecule has 2 aliphatic heterocycles. The molecule has 0 bridgehead atoms. The number of carbonyl (C=O) groups is 1. The predicted octanol–water partition coefficient (Wildman–Crippen LogP) is 0.951. The highest BCUT2D eigenvalue weighted by Crippen LogP contribution is 2.27. The summed E-state index contributed by atoms with van der Waals surface area (Å²) in [7, 11) is -2.18. The van der Waals surface area contributed by atoms with Crippen LogP contribution in [-0.2, 0) is 10.0 Å². The van der Waals surface area contributed by atoms with E-state index in [1.807, 2.05) is 0 Å². The summed E-state index contributed by atoms with van der Waals surface area (Å²) in [5, 5.41) is 3.10. The van der Waals surface area contributed by atoms with Crippen LogP contribution in [0.2, 0.25) is 0 Å². The van der Waals surface area contributed by atoms with Crippen LogP contribution < -0.4 is 10.0 Å². The fourth-order valence-corrected chi connectivity index (χ4v) is 4.37. The lowest BCUT2D eigenvalue weighted by molar-refractivity contribution is 0.0915. The molecule has 2 heterocycles. The average Bonchev–Trinajstić information content (AvgIpc) is 2.98. The van der Waals surface area contributed by atoms with E-state index in [1.165, 1.54) is 32.0 Å². The van der Waals surface area contributed by atoms with E-state index in [2.05, 4.69) is 14.9 Å². The molecule has 1 amide bonds. The van der Waals surface area contributed by atoms with E-state index >= 15 is 0 Å². The summed E-state index contributed by atoms with van der Waals surface area (Å²) in [6.45, 7) is 2.15. The Kier molecular flexibility index (Phi) is 4.70. The monoisotopic (exact) mass is 337 g/mol. The molecule has 0 spiro atoms. The molecule has 0 aliphatic carbocycles. The topological polar surface area (TPSA) is 78.5 Å². The van der Waals surface area contributed by atoms with Crippen molar-refractivity contribution >= 4 is 15.9 Å². The zero-order chi connectivity index (χ0) is 16.4. The summed E-state index contributed by atoms with van der Waals surface area (Å²) in [6, 6.07) is 6.75. The first-order valence-corrected chi connectivity index (χ1v) is 9.58. The largest absolute Gasteiger partial charge is 0.348 e. The zero-order valence-electron chi connectivity index (χ0n) is 13.3. The predicted molar refractivity (Wildman–Crippen MR) is 87.8 cm³/mol. The van der Waals surface area contributed by atoms with Crippen molar-refractivity contribution in [1.29, 1.82) is 0 Å². The van der Waals surface area contributed by atoms with Crippen molar-refractivity contribution < 1.29 is 13.2 Å². The second kappa shape index (κ2) is 6.59. The summed E-state index contributed by atoms with van der Waals surface area (Å²) in [5.41, 5.74) is 0.385. The first-order valence-electron chi connectivity index (χ1n) is 8.10. The van der Waals surface area contributed by atoms with E-state index in [-0.39, 0.29) is 16.8 Å². The smallest absolute Gasteiger partial charge is 0.251 e. The van der Waals surface area contributed by atoms with Crippen LogP contribution in [0.15, 0.2) is 29.2 Å². The highest BCUT2D eigenvalue weighted by molar-refractivity contribution is 7.89. The van der Waals surface area contributed by atoms with E-state index in [0.717, 1.165) is 25.9 Å². The molecule has 7 heteroatoms. The summed E-state index contributed by atoms with van der Waals surface area (Å²) >= 11 is 0. The highest BCUT2D eigenvalue weighted by atomic mass is 32.2. The van der Waals surface area contributed by atoms with Crippen LogP contribution >= 0.6 is 0 Å². The molecule has 0 saturated carbocycles. The Balaban J connectivity index is 1.73. The van der Waals surface area contributed by atoms with Crippen molar-refractivity contribution in [2.75, 3.05) is 20.1 Å². The van der Waals surface area contributed by atoms with Crippen LogP contribution in [0.4, 0.5) is 0 Å². The van der Waals surface area contributed by atoms with Crippen LogP contribution in [0, 0.1) is 0 Å². The normalized spacial score (nSPS) is 25.1. The third-order valence-corrected chi connectivity index (χ3v) is 6.26. The minimum absolute atomic E-state index is 0.110. The van der Waals surface area contributed by atoms with Gasteiger partial charge in [-0.25, -0.2) is 13.1 Å². The van der Waals surface area contributed by atoms with Gasteiger partial charge in [0.25, 0.3) is 5.91 Å². The van der Waals surface area contributed by atoms with Gasteiger partial charge in [-0.05, 0) is 51.1 Å². The Labute approximate surface area is 137 Å². The van der Waals surface area contributed by atoms with Gasteiger partial charge in [-0.3, -0.25) is 9.69 Å². The quantitative estimate of drug-likeness (QED) is 0.857. The van der Waals surface area contributed by atoms with E-state index in [4.69, 9.17) is 0 Å². The molecule has 2 fully saturated rings.